The van der Waals surface area contributed by atoms with Crippen LogP contribution in [0.15, 0.2) is 0 Å². The summed E-state index contributed by atoms with van der Waals surface area (Å²) >= 11 is 0. The van der Waals surface area contributed by atoms with Crippen molar-refractivity contribution < 1.29 is 0 Å². The van der Waals surface area contributed by atoms with E-state index in [1.54, 1.807) is 0 Å². The van der Waals surface area contributed by atoms with Crippen LogP contribution in [0.3, 0.4) is 0 Å². The number of hydrogen-bond acceptors (Lipinski definition) is 0. The Balaban J connectivity index is 0.000000371. The molecule has 0 radical (unpaired) electrons. The zero-order chi connectivity index (χ0) is 7.98. The van der Waals surface area contributed by atoms with E-state index in [-0.39, 0.29) is 0 Å². The maximum absolute atomic E-state index is 4.00. The van der Waals surface area contributed by atoms with Crippen molar-refractivity contribution in [2.24, 2.45) is 11.8 Å². The summed E-state index contributed by atoms with van der Waals surface area (Å²) in [4.78, 5) is 0. The van der Waals surface area contributed by atoms with Crippen molar-refractivity contribution in [2.75, 3.05) is 0 Å². The summed E-state index contributed by atoms with van der Waals surface area (Å²) < 4.78 is 0. The molecule has 2 unspecified atom stereocenters. The van der Waals surface area contributed by atoms with Gasteiger partial charge < -0.3 is 0 Å². The predicted octanol–water partition coefficient (Wildman–Crippen LogP) is 3.08. The van der Waals surface area contributed by atoms with Gasteiger partial charge >= 0.3 is 0 Å². The Morgan fingerprint density at radius 1 is 1.00 bits per heavy atom. The van der Waals surface area contributed by atoms with Crippen molar-refractivity contribution in [3.05, 3.63) is 0 Å². The average molecular weight is 138 g/mol. The standard InChI is InChI=1S/C8H16.C2H2/c1-7-4-3-5-8(2)6-7;1-2/h7-8H,3-6H2,1-2H3;1-2H. The summed E-state index contributed by atoms with van der Waals surface area (Å²) in [6, 6.07) is 0. The minimum absolute atomic E-state index is 1.01. The summed E-state index contributed by atoms with van der Waals surface area (Å²) in [5.41, 5.74) is 0. The normalized spacial score (nSPS) is 32.0. The molecule has 0 saturated heterocycles. The Hall–Kier alpha value is -0.440. The molecule has 0 amide bonds. The molecule has 0 heterocycles. The molecule has 0 aliphatic heterocycles. The maximum atomic E-state index is 4.00. The smallest absolute Gasteiger partial charge is 0.0440 e. The molecule has 1 saturated carbocycles. The minimum Gasteiger partial charge on any atom is -0.124 e. The first kappa shape index (κ1) is 9.56. The van der Waals surface area contributed by atoms with Gasteiger partial charge in [-0.25, -0.2) is 0 Å². The van der Waals surface area contributed by atoms with Gasteiger partial charge in [0.25, 0.3) is 0 Å². The van der Waals surface area contributed by atoms with E-state index >= 15 is 0 Å². The van der Waals surface area contributed by atoms with E-state index in [1.807, 2.05) is 0 Å². The van der Waals surface area contributed by atoms with Gasteiger partial charge in [-0.2, -0.15) is 0 Å². The van der Waals surface area contributed by atoms with E-state index < -0.39 is 0 Å². The Morgan fingerprint density at radius 3 is 1.60 bits per heavy atom. The zero-order valence-electron chi connectivity index (χ0n) is 7.14. The van der Waals surface area contributed by atoms with Crippen molar-refractivity contribution in [3.63, 3.8) is 0 Å². The molecule has 1 aliphatic rings. The lowest BCUT2D eigenvalue weighted by molar-refractivity contribution is 0.301. The van der Waals surface area contributed by atoms with Crippen LogP contribution in [0.25, 0.3) is 0 Å². The van der Waals surface area contributed by atoms with Crippen LogP contribution < -0.4 is 0 Å². The third-order valence-corrected chi connectivity index (χ3v) is 2.20. The summed E-state index contributed by atoms with van der Waals surface area (Å²) in [6.07, 6.45) is 13.9. The van der Waals surface area contributed by atoms with E-state index in [0.717, 1.165) is 11.8 Å². The largest absolute Gasteiger partial charge is 0.124 e. The molecule has 1 fully saturated rings. The molecule has 0 aromatic carbocycles. The fourth-order valence-corrected chi connectivity index (χ4v) is 1.74. The summed E-state index contributed by atoms with van der Waals surface area (Å²) in [5.74, 6) is 2.03. The highest BCUT2D eigenvalue weighted by molar-refractivity contribution is 4.66. The molecule has 0 aromatic rings. The van der Waals surface area contributed by atoms with Crippen molar-refractivity contribution in [3.8, 4) is 12.8 Å². The van der Waals surface area contributed by atoms with Crippen molar-refractivity contribution in [1.82, 2.24) is 0 Å². The highest BCUT2D eigenvalue weighted by atomic mass is 14.2. The first-order valence-electron chi connectivity index (χ1n) is 4.12. The quantitative estimate of drug-likeness (QED) is 0.451. The Bertz CT molecular complexity index is 83.5. The lowest BCUT2D eigenvalue weighted by Crippen LogP contribution is -2.09. The molecule has 2 atom stereocenters. The van der Waals surface area contributed by atoms with E-state index in [1.165, 1.54) is 25.7 Å². The molecule has 0 heteroatoms. The van der Waals surface area contributed by atoms with E-state index in [0.29, 0.717) is 0 Å². The molecule has 1 aliphatic carbocycles. The Labute approximate surface area is 65.0 Å². The van der Waals surface area contributed by atoms with Gasteiger partial charge in [-0.15, -0.1) is 12.8 Å². The van der Waals surface area contributed by atoms with Crippen LogP contribution in [0.2, 0.25) is 0 Å². The summed E-state index contributed by atoms with van der Waals surface area (Å²) in [6.45, 7) is 4.74. The molecule has 0 aromatic heterocycles. The molecule has 1 rings (SSSR count). The molecular weight excluding hydrogens is 120 g/mol. The third kappa shape index (κ3) is 3.56. The van der Waals surface area contributed by atoms with Gasteiger partial charge in [-0.3, -0.25) is 0 Å². The number of hydrogen-bond donors (Lipinski definition) is 0. The van der Waals surface area contributed by atoms with Crippen LogP contribution in [-0.2, 0) is 0 Å². The first-order valence-corrected chi connectivity index (χ1v) is 4.12. The van der Waals surface area contributed by atoms with Gasteiger partial charge in [0.1, 0.15) is 0 Å². The van der Waals surface area contributed by atoms with Gasteiger partial charge in [0.15, 0.2) is 0 Å². The second-order valence-electron chi connectivity index (χ2n) is 3.38. The minimum atomic E-state index is 1.01. The SMILES string of the molecule is C#C.CC1CCCC(C)C1. The topological polar surface area (TPSA) is 0 Å². The second-order valence-corrected chi connectivity index (χ2v) is 3.38. The maximum Gasteiger partial charge on any atom is -0.0440 e. The van der Waals surface area contributed by atoms with E-state index in [2.05, 4.69) is 26.7 Å². The lowest BCUT2D eigenvalue weighted by atomic mass is 9.84. The Kier molecular flexibility index (Phi) is 5.12. The first-order chi connectivity index (χ1) is 4.79. The molecule has 0 N–H and O–H groups in total. The Morgan fingerprint density at radius 2 is 1.40 bits per heavy atom. The number of rotatable bonds is 0. The molecule has 10 heavy (non-hydrogen) atoms. The molecular formula is C10H18. The summed E-state index contributed by atoms with van der Waals surface area (Å²) in [5, 5.41) is 0. The van der Waals surface area contributed by atoms with Crippen LogP contribution in [-0.4, -0.2) is 0 Å². The van der Waals surface area contributed by atoms with Crippen LogP contribution in [0.5, 0.6) is 0 Å². The zero-order valence-corrected chi connectivity index (χ0v) is 7.14. The lowest BCUT2D eigenvalue weighted by Gasteiger charge is -2.22. The molecule has 58 valence electrons. The fourth-order valence-electron chi connectivity index (χ4n) is 1.74. The monoisotopic (exact) mass is 138 g/mol. The highest BCUT2D eigenvalue weighted by Crippen LogP contribution is 2.27. The van der Waals surface area contributed by atoms with Crippen molar-refractivity contribution in [2.45, 2.75) is 39.5 Å². The second kappa shape index (κ2) is 5.35. The van der Waals surface area contributed by atoms with E-state index in [4.69, 9.17) is 0 Å². The van der Waals surface area contributed by atoms with Gasteiger partial charge in [0.2, 0.25) is 0 Å². The molecule has 0 nitrogen and oxygen atoms in total. The predicted molar refractivity (Wildman–Crippen MR) is 46.7 cm³/mol. The van der Waals surface area contributed by atoms with Crippen LogP contribution >= 0.6 is 0 Å². The van der Waals surface area contributed by atoms with Crippen LogP contribution in [0, 0.1) is 24.7 Å². The van der Waals surface area contributed by atoms with Crippen LogP contribution in [0.1, 0.15) is 39.5 Å². The van der Waals surface area contributed by atoms with Gasteiger partial charge in [0.05, 0.1) is 0 Å². The average Bonchev–Trinajstić information content (AvgIpc) is 1.91. The van der Waals surface area contributed by atoms with Gasteiger partial charge in [-0.1, -0.05) is 33.1 Å². The fraction of sp³-hybridized carbons (Fsp3) is 0.800. The van der Waals surface area contributed by atoms with Crippen molar-refractivity contribution >= 4 is 0 Å². The highest BCUT2D eigenvalue weighted by Gasteiger charge is 2.13. The van der Waals surface area contributed by atoms with E-state index in [9.17, 15) is 0 Å². The third-order valence-electron chi connectivity index (χ3n) is 2.20. The van der Waals surface area contributed by atoms with Gasteiger partial charge in [0, 0.05) is 0 Å². The van der Waals surface area contributed by atoms with Crippen molar-refractivity contribution in [1.29, 1.82) is 0 Å². The number of terminal acetylenes is 1. The van der Waals surface area contributed by atoms with Crippen LogP contribution in [0.4, 0.5) is 0 Å². The molecule has 0 bridgehead atoms. The summed E-state index contributed by atoms with van der Waals surface area (Å²) in [7, 11) is 0. The van der Waals surface area contributed by atoms with Gasteiger partial charge in [-0.05, 0) is 18.3 Å². The molecule has 0 spiro atoms.